The molecule has 1 heterocycles. The molecule has 2 N–H and O–H groups in total. The summed E-state index contributed by atoms with van der Waals surface area (Å²) in [5, 5.41) is 6.85. The lowest BCUT2D eigenvalue weighted by Crippen LogP contribution is -2.36. The van der Waals surface area contributed by atoms with E-state index in [-0.39, 0.29) is 0 Å². The van der Waals surface area contributed by atoms with Crippen molar-refractivity contribution in [3.63, 3.8) is 0 Å². The largest absolute Gasteiger partial charge is 0.366 e. The Balaban J connectivity index is 2.11. The molecule has 3 nitrogen and oxygen atoms in total. The maximum Gasteiger partial charge on any atom is 0.166 e. The van der Waals surface area contributed by atoms with Crippen LogP contribution < -0.4 is 10.6 Å². The van der Waals surface area contributed by atoms with Gasteiger partial charge in [-0.25, -0.2) is 0 Å². The molecule has 1 fully saturated rings. The van der Waals surface area contributed by atoms with Crippen molar-refractivity contribution in [3.8, 4) is 0 Å². The molecule has 1 aliphatic heterocycles. The van der Waals surface area contributed by atoms with Crippen LogP contribution in [0.3, 0.4) is 0 Å². The second-order valence-corrected chi connectivity index (χ2v) is 3.79. The molecule has 0 aromatic heterocycles. The van der Waals surface area contributed by atoms with Crippen molar-refractivity contribution in [3.05, 3.63) is 0 Å². The molecule has 4 heteroatoms. The first-order chi connectivity index (χ1) is 5.72. The SMILES string of the molecule is CNC(=S)NCC1CCN(C)C1. The monoisotopic (exact) mass is 187 g/mol. The average Bonchev–Trinajstić information content (AvgIpc) is 2.47. The van der Waals surface area contributed by atoms with Crippen molar-refractivity contribution >= 4 is 17.3 Å². The Morgan fingerprint density at radius 2 is 2.42 bits per heavy atom. The fourth-order valence-corrected chi connectivity index (χ4v) is 1.60. The van der Waals surface area contributed by atoms with Gasteiger partial charge in [-0.3, -0.25) is 0 Å². The lowest BCUT2D eigenvalue weighted by Gasteiger charge is -2.12. The van der Waals surface area contributed by atoms with E-state index in [0.29, 0.717) is 0 Å². The molecule has 1 aliphatic rings. The van der Waals surface area contributed by atoms with Crippen LogP contribution in [-0.4, -0.2) is 43.7 Å². The van der Waals surface area contributed by atoms with Crippen molar-refractivity contribution < 1.29 is 0 Å². The molecule has 12 heavy (non-hydrogen) atoms. The summed E-state index contributed by atoms with van der Waals surface area (Å²) < 4.78 is 0. The van der Waals surface area contributed by atoms with Gasteiger partial charge in [-0.2, -0.15) is 0 Å². The van der Waals surface area contributed by atoms with Crippen molar-refractivity contribution in [2.24, 2.45) is 5.92 Å². The predicted molar refractivity (Wildman–Crippen MR) is 55.3 cm³/mol. The molecule has 1 unspecified atom stereocenters. The molecular formula is C8H17N3S. The normalized spacial score (nSPS) is 24.0. The summed E-state index contributed by atoms with van der Waals surface area (Å²) in [4.78, 5) is 2.36. The van der Waals surface area contributed by atoms with Crippen LogP contribution in [0.4, 0.5) is 0 Å². The fourth-order valence-electron chi connectivity index (χ4n) is 1.52. The number of nitrogens with one attached hydrogen (secondary N) is 2. The highest BCUT2D eigenvalue weighted by Gasteiger charge is 2.18. The summed E-state index contributed by atoms with van der Waals surface area (Å²) in [7, 11) is 4.01. The second kappa shape index (κ2) is 4.62. The van der Waals surface area contributed by atoms with Gasteiger partial charge in [0.25, 0.3) is 0 Å². The third-order valence-electron chi connectivity index (χ3n) is 2.27. The Bertz CT molecular complexity index is 160. The quantitative estimate of drug-likeness (QED) is 0.597. The zero-order valence-electron chi connectivity index (χ0n) is 7.76. The van der Waals surface area contributed by atoms with Gasteiger partial charge in [0.1, 0.15) is 0 Å². The fraction of sp³-hybridized carbons (Fsp3) is 0.875. The zero-order chi connectivity index (χ0) is 8.97. The van der Waals surface area contributed by atoms with E-state index in [1.807, 2.05) is 7.05 Å². The molecule has 1 atom stereocenters. The van der Waals surface area contributed by atoms with E-state index >= 15 is 0 Å². The summed E-state index contributed by atoms with van der Waals surface area (Å²) in [6, 6.07) is 0. The minimum atomic E-state index is 0.754. The first kappa shape index (κ1) is 9.74. The standard InChI is InChI=1S/C8H17N3S/c1-9-8(12)10-5-7-3-4-11(2)6-7/h7H,3-6H2,1-2H3,(H2,9,10,12). The van der Waals surface area contributed by atoms with E-state index in [9.17, 15) is 0 Å². The van der Waals surface area contributed by atoms with Crippen molar-refractivity contribution in [1.29, 1.82) is 0 Å². The first-order valence-electron chi connectivity index (χ1n) is 4.36. The maximum absolute atomic E-state index is 4.98. The number of thiocarbonyl (C=S) groups is 1. The Morgan fingerprint density at radius 3 is 2.92 bits per heavy atom. The molecule has 70 valence electrons. The first-order valence-corrected chi connectivity index (χ1v) is 4.77. The number of hydrogen-bond donors (Lipinski definition) is 2. The summed E-state index contributed by atoms with van der Waals surface area (Å²) in [6.45, 7) is 3.42. The molecule has 0 bridgehead atoms. The van der Waals surface area contributed by atoms with E-state index in [1.54, 1.807) is 0 Å². The van der Waals surface area contributed by atoms with Crippen molar-refractivity contribution in [1.82, 2.24) is 15.5 Å². The maximum atomic E-state index is 4.98. The van der Waals surface area contributed by atoms with Crippen molar-refractivity contribution in [2.75, 3.05) is 33.7 Å². The highest BCUT2D eigenvalue weighted by Crippen LogP contribution is 2.12. The minimum Gasteiger partial charge on any atom is -0.366 e. The minimum absolute atomic E-state index is 0.754. The molecule has 1 rings (SSSR count). The highest BCUT2D eigenvalue weighted by atomic mass is 32.1. The molecule has 1 saturated heterocycles. The molecule has 0 saturated carbocycles. The predicted octanol–water partition coefficient (Wildman–Crippen LogP) is 0.0320. The van der Waals surface area contributed by atoms with Gasteiger partial charge >= 0.3 is 0 Å². The van der Waals surface area contributed by atoms with Crippen LogP contribution in [0.1, 0.15) is 6.42 Å². The molecule has 0 aromatic rings. The van der Waals surface area contributed by atoms with E-state index in [0.717, 1.165) is 17.6 Å². The van der Waals surface area contributed by atoms with Gasteiger partial charge in [-0.1, -0.05) is 0 Å². The van der Waals surface area contributed by atoms with E-state index in [2.05, 4.69) is 22.6 Å². The lowest BCUT2D eigenvalue weighted by atomic mass is 10.1. The third-order valence-corrected chi connectivity index (χ3v) is 2.62. The number of rotatable bonds is 2. The zero-order valence-corrected chi connectivity index (χ0v) is 8.58. The molecule has 0 spiro atoms. The average molecular weight is 187 g/mol. The summed E-state index contributed by atoms with van der Waals surface area (Å²) in [5.74, 6) is 0.765. The summed E-state index contributed by atoms with van der Waals surface area (Å²) in [6.07, 6.45) is 1.29. The van der Waals surface area contributed by atoms with E-state index < -0.39 is 0 Å². The van der Waals surface area contributed by atoms with Crippen LogP contribution in [0.2, 0.25) is 0 Å². The highest BCUT2D eigenvalue weighted by molar-refractivity contribution is 7.80. The molecule has 0 aliphatic carbocycles. The van der Waals surface area contributed by atoms with Gasteiger partial charge in [-0.05, 0) is 38.1 Å². The Kier molecular flexibility index (Phi) is 3.75. The van der Waals surface area contributed by atoms with Crippen LogP contribution in [0, 0.1) is 5.92 Å². The van der Waals surface area contributed by atoms with Gasteiger partial charge in [0.15, 0.2) is 5.11 Å². The van der Waals surface area contributed by atoms with Gasteiger partial charge in [0.05, 0.1) is 0 Å². The Hall–Kier alpha value is -0.350. The van der Waals surface area contributed by atoms with Crippen LogP contribution in [-0.2, 0) is 0 Å². The molecule has 0 aromatic carbocycles. The summed E-state index contributed by atoms with van der Waals surface area (Å²) >= 11 is 4.98. The van der Waals surface area contributed by atoms with Crippen LogP contribution in [0.25, 0.3) is 0 Å². The molecule has 0 radical (unpaired) electrons. The van der Waals surface area contributed by atoms with Crippen LogP contribution in [0.5, 0.6) is 0 Å². The van der Waals surface area contributed by atoms with Crippen molar-refractivity contribution in [2.45, 2.75) is 6.42 Å². The van der Waals surface area contributed by atoms with E-state index in [1.165, 1.54) is 19.5 Å². The molecule has 0 amide bonds. The van der Waals surface area contributed by atoms with Gasteiger partial charge < -0.3 is 15.5 Å². The van der Waals surface area contributed by atoms with E-state index in [4.69, 9.17) is 12.2 Å². The summed E-state index contributed by atoms with van der Waals surface area (Å²) in [5.41, 5.74) is 0. The lowest BCUT2D eigenvalue weighted by molar-refractivity contribution is 0.394. The van der Waals surface area contributed by atoms with Crippen LogP contribution in [0.15, 0.2) is 0 Å². The number of nitrogens with zero attached hydrogens (tertiary/aromatic N) is 1. The topological polar surface area (TPSA) is 27.3 Å². The second-order valence-electron chi connectivity index (χ2n) is 3.38. The Morgan fingerprint density at radius 1 is 1.67 bits per heavy atom. The van der Waals surface area contributed by atoms with Crippen LogP contribution >= 0.6 is 12.2 Å². The number of likely N-dealkylation sites (tertiary alicyclic amines) is 1. The van der Waals surface area contributed by atoms with Gasteiger partial charge in [-0.15, -0.1) is 0 Å². The Labute approximate surface area is 79.5 Å². The number of hydrogen-bond acceptors (Lipinski definition) is 2. The smallest absolute Gasteiger partial charge is 0.166 e. The molecular weight excluding hydrogens is 170 g/mol. The van der Waals surface area contributed by atoms with Gasteiger partial charge in [0, 0.05) is 20.1 Å². The third kappa shape index (κ3) is 2.95. The van der Waals surface area contributed by atoms with Gasteiger partial charge in [0.2, 0.25) is 0 Å².